The Labute approximate surface area is 165 Å². The molecule has 1 aromatic heterocycles. The average Bonchev–Trinajstić information content (AvgIpc) is 2.75. The van der Waals surface area contributed by atoms with E-state index in [0.717, 1.165) is 0 Å². The second-order valence-corrected chi connectivity index (χ2v) is 7.77. The van der Waals surface area contributed by atoms with Crippen LogP contribution >= 0.6 is 11.3 Å². The molecule has 0 saturated carbocycles. The Morgan fingerprint density at radius 2 is 1.15 bits per heavy atom. The fraction of sp³-hybridized carbons (Fsp3) is 0.0800. The van der Waals surface area contributed by atoms with Gasteiger partial charge >= 0.3 is 0 Å². The Hall–Kier alpha value is -2.97. The number of nitrogens with zero attached hydrogens (tertiary/aromatic N) is 1. The third-order valence-corrected chi connectivity index (χ3v) is 5.90. The van der Waals surface area contributed by atoms with Crippen molar-refractivity contribution in [1.82, 2.24) is 0 Å². The molecule has 27 heavy (non-hydrogen) atoms. The Morgan fingerprint density at radius 1 is 0.556 bits per heavy atom. The summed E-state index contributed by atoms with van der Waals surface area (Å²) < 4.78 is 0. The number of anilines is 1. The van der Waals surface area contributed by atoms with Gasteiger partial charge in [0.25, 0.3) is 0 Å². The normalized spacial score (nSPS) is 10.6. The minimum absolute atomic E-state index is 1.21. The fourth-order valence-electron chi connectivity index (χ4n) is 3.16. The van der Waals surface area contributed by atoms with E-state index < -0.39 is 0 Å². The van der Waals surface area contributed by atoms with E-state index in [2.05, 4.69) is 116 Å². The molecule has 0 aliphatic carbocycles. The van der Waals surface area contributed by atoms with Gasteiger partial charge in [-0.2, -0.15) is 0 Å². The molecule has 0 aliphatic rings. The summed E-state index contributed by atoms with van der Waals surface area (Å²) in [4.78, 5) is 4.71. The maximum Gasteiger partial charge on any atom is 0.246 e. The van der Waals surface area contributed by atoms with Crippen LogP contribution in [-0.4, -0.2) is 14.1 Å². The molecule has 0 atom stereocenters. The Morgan fingerprint density at radius 3 is 1.74 bits per heavy atom. The topological polar surface area (TPSA) is 3.24 Å². The van der Waals surface area contributed by atoms with E-state index in [4.69, 9.17) is 0 Å². The molecule has 2 heteroatoms. The maximum absolute atomic E-state index is 2.26. The summed E-state index contributed by atoms with van der Waals surface area (Å²) in [5, 5.41) is 0. The molecule has 0 unspecified atom stereocenters. The number of hydrogen-bond acceptors (Lipinski definition) is 1. The fourth-order valence-corrected chi connectivity index (χ4v) is 4.32. The molecule has 1 heterocycles. The molecule has 3 aromatic carbocycles. The van der Waals surface area contributed by atoms with Crippen molar-refractivity contribution < 1.29 is 0 Å². The van der Waals surface area contributed by atoms with Crippen molar-refractivity contribution in [3.63, 3.8) is 0 Å². The monoisotopic (exact) mass is 368 g/mol. The van der Waals surface area contributed by atoms with Gasteiger partial charge in [-0.05, 0) is 48.0 Å². The first-order chi connectivity index (χ1) is 13.2. The van der Waals surface area contributed by atoms with Gasteiger partial charge in [0.1, 0.15) is 0 Å². The summed E-state index contributed by atoms with van der Waals surface area (Å²) in [7, 11) is 4.14. The summed E-state index contributed by atoms with van der Waals surface area (Å²) >= 11 is 1.85. The maximum atomic E-state index is 2.26. The molecule has 4 rings (SSSR count). The zero-order chi connectivity index (χ0) is 18.6. The van der Waals surface area contributed by atoms with Gasteiger partial charge in [-0.15, -0.1) is 0 Å². The van der Waals surface area contributed by atoms with Crippen LogP contribution in [0.3, 0.4) is 0 Å². The predicted molar refractivity (Wildman–Crippen MR) is 119 cm³/mol. The smallest absolute Gasteiger partial charge is 0.246 e. The Kier molecular flexibility index (Phi) is 4.99. The van der Waals surface area contributed by atoms with E-state index in [1.165, 1.54) is 37.7 Å². The highest BCUT2D eigenvalue weighted by molar-refractivity contribution is 7.18. The summed E-state index contributed by atoms with van der Waals surface area (Å²) in [6.45, 7) is 0. The molecule has 132 valence electrons. The lowest BCUT2D eigenvalue weighted by Gasteiger charge is -2.12. The lowest BCUT2D eigenvalue weighted by atomic mass is 10.0. The van der Waals surface area contributed by atoms with Gasteiger partial charge in [0.05, 0.1) is 0 Å². The molecule has 0 radical (unpaired) electrons. The van der Waals surface area contributed by atoms with Gasteiger partial charge in [-0.3, -0.25) is 0 Å². The van der Waals surface area contributed by atoms with Crippen LogP contribution in [0.1, 0.15) is 0 Å². The van der Waals surface area contributed by atoms with Gasteiger partial charge in [0.15, 0.2) is 0 Å². The van der Waals surface area contributed by atoms with Gasteiger partial charge in [0, 0.05) is 42.5 Å². The predicted octanol–water partition coefficient (Wildman–Crippen LogP) is 7.10. The Bertz CT molecular complexity index is 1020. The van der Waals surface area contributed by atoms with Gasteiger partial charge < -0.3 is 4.90 Å². The lowest BCUT2D eigenvalue weighted by Crippen LogP contribution is -2.07. The molecule has 1 nitrogen and oxygen atoms in total. The molecule has 0 spiro atoms. The van der Waals surface area contributed by atoms with Crippen molar-refractivity contribution in [3.8, 4) is 32.0 Å². The Balaban J connectivity index is 1.86. The number of rotatable bonds is 4. The molecule has 0 aliphatic heterocycles. The van der Waals surface area contributed by atoms with Crippen LogP contribution in [0.15, 0.2) is 97.1 Å². The van der Waals surface area contributed by atoms with Crippen LogP contribution in [0.5, 0.6) is 0 Å². The summed E-state index contributed by atoms with van der Waals surface area (Å²) in [5.74, 6) is 0. The average molecular weight is 369 g/mol. The van der Waals surface area contributed by atoms with Crippen molar-refractivity contribution in [1.29, 1.82) is 0 Å². The van der Waals surface area contributed by atoms with E-state index in [1.54, 1.807) is 0 Å². The largest absolute Gasteiger partial charge is 0.378 e. The van der Waals surface area contributed by atoms with Crippen molar-refractivity contribution in [2.45, 2.75) is 0 Å². The van der Waals surface area contributed by atoms with Gasteiger partial charge in [-0.1, -0.05) is 48.5 Å². The highest BCUT2D eigenvalue weighted by Crippen LogP contribution is 2.40. The van der Waals surface area contributed by atoms with Crippen LogP contribution in [0.25, 0.3) is 32.0 Å². The first-order valence-electron chi connectivity index (χ1n) is 9.08. The van der Waals surface area contributed by atoms with E-state index >= 15 is 0 Å². The van der Waals surface area contributed by atoms with E-state index in [-0.39, 0.29) is 0 Å². The van der Waals surface area contributed by atoms with Crippen molar-refractivity contribution in [2.24, 2.45) is 0 Å². The summed E-state index contributed by atoms with van der Waals surface area (Å²) in [6.07, 6.45) is 0. The highest BCUT2D eigenvalue weighted by Gasteiger charge is 2.21. The quantitative estimate of drug-likeness (QED) is 0.347. The zero-order valence-electron chi connectivity index (χ0n) is 15.6. The van der Waals surface area contributed by atoms with E-state index in [0.29, 0.717) is 0 Å². The molecule has 0 saturated heterocycles. The van der Waals surface area contributed by atoms with Crippen molar-refractivity contribution in [2.75, 3.05) is 19.0 Å². The molecule has 0 bridgehead atoms. The number of benzene rings is 3. The van der Waals surface area contributed by atoms with E-state index in [9.17, 15) is 0 Å². The van der Waals surface area contributed by atoms with Crippen LogP contribution in [0, 0.1) is 0 Å². The molecule has 0 amide bonds. The SMILES string of the molecule is CN(C)c1ccc(-c2ccc(-c3ccccc3)[s+]c2-c2ccccc2)cc1. The van der Waals surface area contributed by atoms with Crippen LogP contribution < -0.4 is 4.90 Å². The van der Waals surface area contributed by atoms with Gasteiger partial charge in [0.2, 0.25) is 21.1 Å². The highest BCUT2D eigenvalue weighted by atomic mass is 32.1. The minimum atomic E-state index is 1.21. The third-order valence-electron chi connectivity index (χ3n) is 4.65. The first kappa shape index (κ1) is 17.4. The van der Waals surface area contributed by atoms with Crippen LogP contribution in [0.4, 0.5) is 5.69 Å². The molecule has 4 aromatic rings. The molecule has 0 N–H and O–H groups in total. The third kappa shape index (κ3) is 3.76. The van der Waals surface area contributed by atoms with Crippen molar-refractivity contribution in [3.05, 3.63) is 97.1 Å². The van der Waals surface area contributed by atoms with Crippen LogP contribution in [0.2, 0.25) is 0 Å². The first-order valence-corrected chi connectivity index (χ1v) is 9.90. The second-order valence-electron chi connectivity index (χ2n) is 6.72. The molecule has 0 fully saturated rings. The number of hydrogen-bond donors (Lipinski definition) is 0. The lowest BCUT2D eigenvalue weighted by molar-refractivity contribution is 1.13. The molecular formula is C25H22NS+. The van der Waals surface area contributed by atoms with Crippen molar-refractivity contribution >= 4 is 17.0 Å². The van der Waals surface area contributed by atoms with Gasteiger partial charge in [-0.25, -0.2) is 0 Å². The van der Waals surface area contributed by atoms with E-state index in [1.807, 2.05) is 11.3 Å². The van der Waals surface area contributed by atoms with Crippen LogP contribution in [-0.2, 0) is 0 Å². The summed E-state index contributed by atoms with van der Waals surface area (Å²) in [5.41, 5.74) is 6.25. The molecular weight excluding hydrogens is 346 g/mol. The second kappa shape index (κ2) is 7.73. The standard InChI is InChI=1S/C25H22NS/c1-26(2)22-15-13-19(14-16-22)23-17-18-24(20-9-5-3-6-10-20)27-25(23)21-11-7-4-8-12-21/h3-18H,1-2H3/q+1. The zero-order valence-corrected chi connectivity index (χ0v) is 16.4. The summed E-state index contributed by atoms with van der Waals surface area (Å²) in [6, 6.07) is 34.6. The minimum Gasteiger partial charge on any atom is -0.378 e.